The Morgan fingerprint density at radius 1 is 0.685 bits per heavy atom. The molecule has 0 fully saturated rings. The van der Waals surface area contributed by atoms with Crippen molar-refractivity contribution < 1.29 is 8.83 Å². The third-order valence-electron chi connectivity index (χ3n) is 12.2. The Balaban J connectivity index is 0.974. The van der Waals surface area contributed by atoms with E-state index in [2.05, 4.69) is 149 Å². The quantitative estimate of drug-likeness (QED) is 0.185. The molecule has 5 nitrogen and oxygen atoms in total. The second-order valence-electron chi connectivity index (χ2n) is 14.9. The lowest BCUT2D eigenvalue weighted by molar-refractivity contribution is 0.466. The third kappa shape index (κ3) is 3.97. The summed E-state index contributed by atoms with van der Waals surface area (Å²) in [5.41, 5.74) is 13.0. The summed E-state index contributed by atoms with van der Waals surface area (Å²) in [6.07, 6.45) is 16.2. The molecule has 4 aliphatic rings. The van der Waals surface area contributed by atoms with Crippen molar-refractivity contribution in [2.24, 2.45) is 0 Å². The molecule has 0 saturated heterocycles. The van der Waals surface area contributed by atoms with E-state index in [-0.39, 0.29) is 17.9 Å². The van der Waals surface area contributed by atoms with E-state index in [0.29, 0.717) is 6.42 Å². The number of anilines is 2. The van der Waals surface area contributed by atoms with Gasteiger partial charge in [-0.25, -0.2) is 0 Å². The molecule has 8 aromatic rings. The molecular formula is C49H33N3O2. The van der Waals surface area contributed by atoms with Crippen LogP contribution in [-0.4, -0.2) is 10.6 Å². The monoisotopic (exact) mass is 695 g/mol. The van der Waals surface area contributed by atoms with Crippen LogP contribution in [0.3, 0.4) is 0 Å². The summed E-state index contributed by atoms with van der Waals surface area (Å²) in [6.45, 7) is 0. The first-order valence-electron chi connectivity index (χ1n) is 18.9. The van der Waals surface area contributed by atoms with Gasteiger partial charge in [-0.05, 0) is 78.9 Å². The summed E-state index contributed by atoms with van der Waals surface area (Å²) in [5.74, 6) is 2.21. The highest BCUT2D eigenvalue weighted by molar-refractivity contribution is 6.24. The summed E-state index contributed by atoms with van der Waals surface area (Å²) in [6, 6.07) is 41.3. The zero-order chi connectivity index (χ0) is 35.5. The Morgan fingerprint density at radius 3 is 2.35 bits per heavy atom. The standard InChI is InChI=1S/C49H33N3O2/c50-28-30-27-29(21-24-38(30)51-40-17-7-2-14-36(40)46-42(51)25-22-34-32-12-4-9-19-44(32)53-48(34)46)31-11-1-6-16-39(31)52-41-18-8-3-15-37(41)47-43(52)26-23-35-33-13-5-10-20-45(33)54-49(35)47/h1-4,6-12,14-26,29,43,47H,5,13,27H2. The Hall–Kier alpha value is -6.77. The van der Waals surface area contributed by atoms with E-state index < -0.39 is 0 Å². The number of hydrogen-bond donors (Lipinski definition) is 0. The zero-order valence-electron chi connectivity index (χ0n) is 29.4. The molecular weight excluding hydrogens is 663 g/mol. The molecule has 3 atom stereocenters. The second kappa shape index (κ2) is 11.1. The molecule has 0 bridgehead atoms. The lowest BCUT2D eigenvalue weighted by Gasteiger charge is -2.33. The van der Waals surface area contributed by atoms with Crippen molar-refractivity contribution in [2.45, 2.75) is 37.1 Å². The van der Waals surface area contributed by atoms with Gasteiger partial charge in [0.05, 0.1) is 45.7 Å². The van der Waals surface area contributed by atoms with E-state index in [0.717, 1.165) is 79.4 Å². The molecule has 0 radical (unpaired) electrons. The van der Waals surface area contributed by atoms with Crippen LogP contribution in [0.25, 0.3) is 61.6 Å². The van der Waals surface area contributed by atoms with E-state index in [1.54, 1.807) is 0 Å². The van der Waals surface area contributed by atoms with Gasteiger partial charge in [0, 0.05) is 44.6 Å². The Kier molecular flexibility index (Phi) is 6.13. The Morgan fingerprint density at radius 2 is 1.46 bits per heavy atom. The summed E-state index contributed by atoms with van der Waals surface area (Å²) in [4.78, 5) is 2.51. The van der Waals surface area contributed by atoms with Crippen LogP contribution in [0, 0.1) is 11.3 Å². The number of benzene rings is 5. The summed E-state index contributed by atoms with van der Waals surface area (Å²) in [7, 11) is 0. The lowest BCUT2D eigenvalue weighted by atomic mass is 9.83. The Bertz CT molecular complexity index is 3080. The molecule has 0 spiro atoms. The van der Waals surface area contributed by atoms with Gasteiger partial charge >= 0.3 is 0 Å². The number of furan rings is 2. The number of hydrogen-bond acceptors (Lipinski definition) is 4. The fraction of sp³-hybridized carbons (Fsp3) is 0.122. The number of para-hydroxylation sites is 4. The van der Waals surface area contributed by atoms with Gasteiger partial charge in [-0.2, -0.15) is 5.26 Å². The largest absolute Gasteiger partial charge is 0.460 e. The number of nitrogens with zero attached hydrogens (tertiary/aromatic N) is 3. The van der Waals surface area contributed by atoms with Crippen molar-refractivity contribution >= 4 is 73.0 Å². The molecule has 3 aliphatic carbocycles. The van der Waals surface area contributed by atoms with Crippen LogP contribution in [0.4, 0.5) is 11.4 Å². The summed E-state index contributed by atoms with van der Waals surface area (Å²) in [5, 5.41) is 15.3. The van der Waals surface area contributed by atoms with Gasteiger partial charge < -0.3 is 18.3 Å². The molecule has 54 heavy (non-hydrogen) atoms. The molecule has 256 valence electrons. The highest BCUT2D eigenvalue weighted by atomic mass is 16.3. The van der Waals surface area contributed by atoms with Crippen molar-refractivity contribution in [1.29, 1.82) is 5.26 Å². The number of allylic oxidation sites excluding steroid dienone is 5. The minimum Gasteiger partial charge on any atom is -0.460 e. The number of fused-ring (bicyclic) bond motifs is 14. The van der Waals surface area contributed by atoms with E-state index in [9.17, 15) is 5.26 Å². The smallest absolute Gasteiger partial charge is 0.145 e. The Labute approximate surface area is 311 Å². The molecule has 3 unspecified atom stereocenters. The lowest BCUT2D eigenvalue weighted by Crippen LogP contribution is -2.31. The van der Waals surface area contributed by atoms with Gasteiger partial charge in [-0.15, -0.1) is 0 Å². The second-order valence-corrected chi connectivity index (χ2v) is 14.9. The van der Waals surface area contributed by atoms with E-state index in [4.69, 9.17) is 8.83 Å². The molecule has 5 aromatic carbocycles. The maximum Gasteiger partial charge on any atom is 0.145 e. The highest BCUT2D eigenvalue weighted by Gasteiger charge is 2.45. The maximum absolute atomic E-state index is 10.9. The molecule has 0 saturated carbocycles. The highest BCUT2D eigenvalue weighted by Crippen LogP contribution is 2.54. The van der Waals surface area contributed by atoms with Gasteiger partial charge in [-0.1, -0.05) is 97.1 Å². The van der Waals surface area contributed by atoms with E-state index in [1.807, 2.05) is 12.1 Å². The number of nitriles is 1. The minimum absolute atomic E-state index is 0.0187. The van der Waals surface area contributed by atoms with Crippen molar-refractivity contribution in [2.75, 3.05) is 4.90 Å². The zero-order valence-corrected chi connectivity index (χ0v) is 29.4. The SMILES string of the molecule is N#CC1=C(n2c3ccccc3c3c4oc5ccccc5c4ccc32)C=CC(c2ccccc2N2c3ccccc3C3c4oc5c(c4C=CC32)CCC=C5)C1. The number of aromatic nitrogens is 1. The molecule has 4 heterocycles. The first-order valence-corrected chi connectivity index (χ1v) is 18.9. The van der Waals surface area contributed by atoms with Crippen LogP contribution in [0.15, 0.2) is 148 Å². The van der Waals surface area contributed by atoms with Gasteiger partial charge in [0.1, 0.15) is 22.7 Å². The van der Waals surface area contributed by atoms with Crippen molar-refractivity contribution in [3.05, 3.63) is 173 Å². The third-order valence-corrected chi connectivity index (χ3v) is 12.2. The molecule has 3 aromatic heterocycles. The van der Waals surface area contributed by atoms with Crippen LogP contribution in [-0.2, 0) is 6.42 Å². The predicted molar refractivity (Wildman–Crippen MR) is 218 cm³/mol. The molecule has 1 aliphatic heterocycles. The van der Waals surface area contributed by atoms with Gasteiger partial charge in [-0.3, -0.25) is 0 Å². The number of rotatable bonds is 3. The fourth-order valence-corrected chi connectivity index (χ4v) is 9.92. The fourth-order valence-electron chi connectivity index (χ4n) is 9.92. The van der Waals surface area contributed by atoms with Crippen LogP contribution in [0.2, 0.25) is 0 Å². The molecule has 0 N–H and O–H groups in total. The van der Waals surface area contributed by atoms with Crippen molar-refractivity contribution in [3.63, 3.8) is 0 Å². The first kappa shape index (κ1) is 29.8. The molecule has 5 heteroatoms. The molecule has 0 amide bonds. The van der Waals surface area contributed by atoms with E-state index in [1.165, 1.54) is 33.6 Å². The average Bonchev–Trinajstić information content (AvgIpc) is 3.98. The topological polar surface area (TPSA) is 58.2 Å². The van der Waals surface area contributed by atoms with Crippen LogP contribution in [0.5, 0.6) is 0 Å². The first-order chi connectivity index (χ1) is 26.8. The average molecular weight is 696 g/mol. The van der Waals surface area contributed by atoms with Gasteiger partial charge in [0.15, 0.2) is 0 Å². The summed E-state index contributed by atoms with van der Waals surface area (Å²) >= 11 is 0. The van der Waals surface area contributed by atoms with Crippen LogP contribution < -0.4 is 4.90 Å². The normalized spacial score (nSPS) is 19.8. The van der Waals surface area contributed by atoms with Gasteiger partial charge in [0.2, 0.25) is 0 Å². The minimum atomic E-state index is 0.0187. The van der Waals surface area contributed by atoms with E-state index >= 15 is 0 Å². The predicted octanol–water partition coefficient (Wildman–Crippen LogP) is 12.4. The maximum atomic E-state index is 10.9. The van der Waals surface area contributed by atoms with Crippen LogP contribution >= 0.6 is 0 Å². The van der Waals surface area contributed by atoms with Crippen molar-refractivity contribution in [1.82, 2.24) is 4.57 Å². The molecule has 12 rings (SSSR count). The van der Waals surface area contributed by atoms with Crippen molar-refractivity contribution in [3.8, 4) is 6.07 Å². The van der Waals surface area contributed by atoms with Gasteiger partial charge in [0.25, 0.3) is 0 Å². The summed E-state index contributed by atoms with van der Waals surface area (Å²) < 4.78 is 15.5. The van der Waals surface area contributed by atoms with Crippen LogP contribution in [0.1, 0.15) is 58.5 Å².